The van der Waals surface area contributed by atoms with Crippen LogP contribution in [0.1, 0.15) is 0 Å². The maximum atomic E-state index is 6.23. The molecular formula is C56H37NO. The fraction of sp³-hybridized carbons (Fsp3) is 0. The van der Waals surface area contributed by atoms with Gasteiger partial charge in [0.15, 0.2) is 0 Å². The maximum Gasteiger partial charge on any atom is 0.136 e. The lowest BCUT2D eigenvalue weighted by Crippen LogP contribution is -2.10. The molecule has 0 radical (unpaired) electrons. The van der Waals surface area contributed by atoms with Crippen LogP contribution in [0, 0.1) is 0 Å². The van der Waals surface area contributed by atoms with Crippen molar-refractivity contribution in [2.24, 2.45) is 0 Å². The van der Waals surface area contributed by atoms with E-state index in [0.29, 0.717) is 0 Å². The van der Waals surface area contributed by atoms with E-state index in [4.69, 9.17) is 4.42 Å². The molecule has 2 heteroatoms. The smallest absolute Gasteiger partial charge is 0.136 e. The number of hydrogen-bond acceptors (Lipinski definition) is 2. The SMILES string of the molecule is c1ccc(-c2cc(N(c3ccccc3)c3ccc(-c4cccc5ccccc45)c(-c4ccccc4)c3)ccc2-c2ccc3c(ccc4oc5ccccc5c43)c2)cc1. The second-order valence-corrected chi connectivity index (χ2v) is 14.9. The Morgan fingerprint density at radius 3 is 1.62 bits per heavy atom. The monoisotopic (exact) mass is 739 g/mol. The van der Waals surface area contributed by atoms with Crippen LogP contribution in [-0.2, 0) is 0 Å². The van der Waals surface area contributed by atoms with E-state index in [-0.39, 0.29) is 0 Å². The minimum atomic E-state index is 0.914. The largest absolute Gasteiger partial charge is 0.456 e. The number of nitrogens with zero attached hydrogens (tertiary/aromatic N) is 1. The molecule has 10 aromatic carbocycles. The van der Waals surface area contributed by atoms with Gasteiger partial charge in [0.05, 0.1) is 0 Å². The van der Waals surface area contributed by atoms with Crippen LogP contribution < -0.4 is 4.90 Å². The summed E-state index contributed by atoms with van der Waals surface area (Å²) in [4.78, 5) is 2.39. The second kappa shape index (κ2) is 14.1. The molecule has 0 spiro atoms. The van der Waals surface area contributed by atoms with E-state index in [9.17, 15) is 0 Å². The molecule has 58 heavy (non-hydrogen) atoms. The van der Waals surface area contributed by atoms with Crippen molar-refractivity contribution in [3.05, 3.63) is 224 Å². The zero-order chi connectivity index (χ0) is 38.4. The summed E-state index contributed by atoms with van der Waals surface area (Å²) in [5, 5.41) is 7.17. The van der Waals surface area contributed by atoms with Gasteiger partial charge in [-0.05, 0) is 121 Å². The van der Waals surface area contributed by atoms with Gasteiger partial charge >= 0.3 is 0 Å². The van der Waals surface area contributed by atoms with Gasteiger partial charge in [-0.1, -0.05) is 170 Å². The molecular weight excluding hydrogens is 703 g/mol. The first-order valence-corrected chi connectivity index (χ1v) is 19.8. The molecule has 0 saturated carbocycles. The summed E-state index contributed by atoms with van der Waals surface area (Å²) in [5.74, 6) is 0. The number of furan rings is 1. The molecule has 0 saturated heterocycles. The van der Waals surface area contributed by atoms with Crippen molar-refractivity contribution in [1.29, 1.82) is 0 Å². The Hall–Kier alpha value is -7.68. The fourth-order valence-corrected chi connectivity index (χ4v) is 8.75. The van der Waals surface area contributed by atoms with Crippen molar-refractivity contribution in [2.45, 2.75) is 0 Å². The molecule has 272 valence electrons. The Morgan fingerprint density at radius 2 is 0.879 bits per heavy atom. The quantitative estimate of drug-likeness (QED) is 0.162. The van der Waals surface area contributed by atoms with E-state index >= 15 is 0 Å². The van der Waals surface area contributed by atoms with Crippen LogP contribution >= 0.6 is 0 Å². The molecule has 1 aromatic heterocycles. The van der Waals surface area contributed by atoms with Crippen molar-refractivity contribution < 1.29 is 4.42 Å². The Labute approximate surface area is 337 Å². The molecule has 0 N–H and O–H groups in total. The van der Waals surface area contributed by atoms with Gasteiger partial charge < -0.3 is 9.32 Å². The zero-order valence-corrected chi connectivity index (χ0v) is 31.7. The molecule has 0 bridgehead atoms. The van der Waals surface area contributed by atoms with Gasteiger partial charge in [0.25, 0.3) is 0 Å². The predicted molar refractivity (Wildman–Crippen MR) is 245 cm³/mol. The van der Waals surface area contributed by atoms with Crippen LogP contribution in [0.25, 0.3) is 88.0 Å². The number of benzene rings is 10. The molecule has 0 aliphatic rings. The molecule has 2 nitrogen and oxygen atoms in total. The molecule has 0 fully saturated rings. The molecule has 0 unspecified atom stereocenters. The van der Waals surface area contributed by atoms with Crippen LogP contribution in [0.4, 0.5) is 17.1 Å². The first-order valence-electron chi connectivity index (χ1n) is 19.8. The van der Waals surface area contributed by atoms with E-state index < -0.39 is 0 Å². The summed E-state index contributed by atoms with van der Waals surface area (Å²) >= 11 is 0. The highest BCUT2D eigenvalue weighted by molar-refractivity contribution is 6.19. The average Bonchev–Trinajstić information content (AvgIpc) is 3.69. The summed E-state index contributed by atoms with van der Waals surface area (Å²) in [6.07, 6.45) is 0. The normalized spacial score (nSPS) is 11.4. The number of para-hydroxylation sites is 2. The standard InChI is InChI=1S/C56H37NO/c1-4-15-39(16-5-1)52-36-44(29-32-47(52)41-27-31-48-42(35-41)28-34-55-56(48)51-24-12-13-26-54(51)58-55)57(43-21-8-3-9-22-43)45-30-33-50(53(37-45)40-17-6-2-7-18-40)49-25-14-20-38-19-10-11-23-46(38)49/h1-37H. The number of rotatable bonds is 7. The summed E-state index contributed by atoms with van der Waals surface area (Å²) in [6.45, 7) is 0. The Morgan fingerprint density at radius 1 is 0.276 bits per heavy atom. The Balaban J connectivity index is 1.10. The maximum absolute atomic E-state index is 6.23. The topological polar surface area (TPSA) is 16.4 Å². The van der Waals surface area contributed by atoms with Crippen LogP contribution in [0.2, 0.25) is 0 Å². The predicted octanol–water partition coefficient (Wildman–Crippen LogP) is 16.0. The third-order valence-corrected chi connectivity index (χ3v) is 11.5. The molecule has 11 rings (SSSR count). The number of hydrogen-bond donors (Lipinski definition) is 0. The lowest BCUT2D eigenvalue weighted by molar-refractivity contribution is 0.669. The highest BCUT2D eigenvalue weighted by atomic mass is 16.3. The highest BCUT2D eigenvalue weighted by Gasteiger charge is 2.20. The minimum Gasteiger partial charge on any atom is -0.456 e. The van der Waals surface area contributed by atoms with Crippen LogP contribution in [0.5, 0.6) is 0 Å². The summed E-state index contributed by atoms with van der Waals surface area (Å²) in [6, 6.07) is 80.8. The van der Waals surface area contributed by atoms with E-state index in [1.807, 2.05) is 12.1 Å². The molecule has 0 aliphatic heterocycles. The van der Waals surface area contributed by atoms with Crippen LogP contribution in [0.3, 0.4) is 0 Å². The van der Waals surface area contributed by atoms with Crippen molar-refractivity contribution in [3.8, 4) is 44.5 Å². The third-order valence-electron chi connectivity index (χ3n) is 11.5. The van der Waals surface area contributed by atoms with E-state index in [1.54, 1.807) is 0 Å². The second-order valence-electron chi connectivity index (χ2n) is 14.9. The summed E-state index contributed by atoms with van der Waals surface area (Å²) in [5.41, 5.74) is 14.6. The minimum absolute atomic E-state index is 0.914. The molecule has 1 heterocycles. The summed E-state index contributed by atoms with van der Waals surface area (Å²) < 4.78 is 6.23. The van der Waals surface area contributed by atoms with Gasteiger partial charge in [0, 0.05) is 27.8 Å². The molecule has 0 atom stereocenters. The number of anilines is 3. The Bertz CT molecular complexity index is 3270. The van der Waals surface area contributed by atoms with Gasteiger partial charge in [-0.25, -0.2) is 0 Å². The van der Waals surface area contributed by atoms with Crippen molar-refractivity contribution >= 4 is 60.5 Å². The first-order chi connectivity index (χ1) is 28.8. The van der Waals surface area contributed by atoms with E-state index in [1.165, 1.54) is 66.1 Å². The van der Waals surface area contributed by atoms with Crippen LogP contribution in [-0.4, -0.2) is 0 Å². The molecule has 11 aromatic rings. The first kappa shape index (κ1) is 33.6. The Kier molecular flexibility index (Phi) is 8.19. The lowest BCUT2D eigenvalue weighted by Gasteiger charge is -2.28. The van der Waals surface area contributed by atoms with Gasteiger partial charge in [-0.3, -0.25) is 0 Å². The van der Waals surface area contributed by atoms with Crippen molar-refractivity contribution in [3.63, 3.8) is 0 Å². The lowest BCUT2D eigenvalue weighted by atomic mass is 9.90. The van der Waals surface area contributed by atoms with Crippen molar-refractivity contribution in [2.75, 3.05) is 4.90 Å². The zero-order valence-electron chi connectivity index (χ0n) is 31.7. The molecule has 0 amide bonds. The van der Waals surface area contributed by atoms with Gasteiger partial charge in [0.2, 0.25) is 0 Å². The summed E-state index contributed by atoms with van der Waals surface area (Å²) in [7, 11) is 0. The fourth-order valence-electron chi connectivity index (χ4n) is 8.75. The van der Waals surface area contributed by atoms with E-state index in [0.717, 1.165) is 39.0 Å². The van der Waals surface area contributed by atoms with Gasteiger partial charge in [0.1, 0.15) is 11.2 Å². The van der Waals surface area contributed by atoms with Crippen LogP contribution in [0.15, 0.2) is 229 Å². The van der Waals surface area contributed by atoms with Gasteiger partial charge in [-0.2, -0.15) is 0 Å². The van der Waals surface area contributed by atoms with Gasteiger partial charge in [-0.15, -0.1) is 0 Å². The van der Waals surface area contributed by atoms with E-state index in [2.05, 4.69) is 217 Å². The average molecular weight is 740 g/mol. The third kappa shape index (κ3) is 5.82. The number of fused-ring (bicyclic) bond motifs is 6. The highest BCUT2D eigenvalue weighted by Crippen LogP contribution is 2.45. The van der Waals surface area contributed by atoms with Crippen molar-refractivity contribution in [1.82, 2.24) is 0 Å². The molecule has 0 aliphatic carbocycles.